The van der Waals surface area contributed by atoms with Crippen molar-refractivity contribution < 1.29 is 9.53 Å². The number of aromatic nitrogens is 2. The van der Waals surface area contributed by atoms with Crippen LogP contribution in [0.25, 0.3) is 0 Å². The summed E-state index contributed by atoms with van der Waals surface area (Å²) in [6.07, 6.45) is 0. The quantitative estimate of drug-likeness (QED) is 0.626. The Labute approximate surface area is 67.2 Å². The van der Waals surface area contributed by atoms with Gasteiger partial charge in [-0.25, -0.2) is 4.79 Å². The van der Waals surface area contributed by atoms with Gasteiger partial charge in [0.1, 0.15) is 5.01 Å². The molecule has 1 aromatic rings. The molecule has 0 radical (unpaired) electrons. The van der Waals surface area contributed by atoms with Gasteiger partial charge in [-0.2, -0.15) is 0 Å². The first-order chi connectivity index (χ1) is 5.27. The van der Waals surface area contributed by atoms with E-state index in [2.05, 4.69) is 14.9 Å². The van der Waals surface area contributed by atoms with Crippen LogP contribution in [0.3, 0.4) is 0 Å². The lowest BCUT2D eigenvalue weighted by Crippen LogP contribution is -1.99. The van der Waals surface area contributed by atoms with Crippen molar-refractivity contribution in [2.75, 3.05) is 7.11 Å². The first-order valence-electron chi connectivity index (χ1n) is 2.88. The largest absolute Gasteiger partial charge is 0.464 e. The lowest BCUT2D eigenvalue weighted by molar-refractivity contribution is 0.0599. The number of hydrogen-bond donors (Lipinski definition) is 1. The molecule has 0 aliphatic rings. The second-order valence-electron chi connectivity index (χ2n) is 1.70. The van der Waals surface area contributed by atoms with Gasteiger partial charge < -0.3 is 10.5 Å². The molecule has 0 bridgehead atoms. The molecule has 0 spiro atoms. The van der Waals surface area contributed by atoms with Gasteiger partial charge in [0.05, 0.1) is 7.11 Å². The van der Waals surface area contributed by atoms with E-state index in [0.29, 0.717) is 11.6 Å². The molecule has 1 rings (SSSR count). The summed E-state index contributed by atoms with van der Waals surface area (Å²) < 4.78 is 4.42. The Morgan fingerprint density at radius 3 is 2.91 bits per heavy atom. The zero-order valence-electron chi connectivity index (χ0n) is 5.90. The number of nitrogens with two attached hydrogens (primary N) is 1. The monoisotopic (exact) mass is 173 g/mol. The van der Waals surface area contributed by atoms with E-state index in [4.69, 9.17) is 5.73 Å². The molecule has 0 fully saturated rings. The minimum atomic E-state index is -0.470. The maximum absolute atomic E-state index is 10.8. The topological polar surface area (TPSA) is 78.1 Å². The van der Waals surface area contributed by atoms with Gasteiger partial charge in [-0.3, -0.25) is 0 Å². The van der Waals surface area contributed by atoms with Crippen LogP contribution in [0.1, 0.15) is 14.8 Å². The van der Waals surface area contributed by atoms with Crippen molar-refractivity contribution in [2.45, 2.75) is 6.54 Å². The van der Waals surface area contributed by atoms with E-state index in [0.717, 1.165) is 11.3 Å². The molecule has 0 atom stereocenters. The molecule has 60 valence electrons. The van der Waals surface area contributed by atoms with Crippen LogP contribution < -0.4 is 5.73 Å². The number of nitrogens with zero attached hydrogens (tertiary/aromatic N) is 2. The smallest absolute Gasteiger partial charge is 0.369 e. The highest BCUT2D eigenvalue weighted by Gasteiger charge is 2.11. The lowest BCUT2D eigenvalue weighted by Gasteiger charge is -1.88. The van der Waals surface area contributed by atoms with Gasteiger partial charge in [0, 0.05) is 6.54 Å². The number of hydrogen-bond acceptors (Lipinski definition) is 6. The van der Waals surface area contributed by atoms with Crippen molar-refractivity contribution >= 4 is 17.3 Å². The van der Waals surface area contributed by atoms with Gasteiger partial charge in [0.2, 0.25) is 5.01 Å². The number of carbonyl (C=O) groups is 1. The SMILES string of the molecule is COC(=O)c1nnc(CN)s1. The average Bonchev–Trinajstić information content (AvgIpc) is 2.50. The van der Waals surface area contributed by atoms with E-state index < -0.39 is 5.97 Å². The highest BCUT2D eigenvalue weighted by atomic mass is 32.1. The third kappa shape index (κ3) is 1.72. The molecule has 0 aliphatic carbocycles. The Balaban J connectivity index is 2.80. The molecule has 0 aliphatic heterocycles. The van der Waals surface area contributed by atoms with Crippen LogP contribution in [0.15, 0.2) is 0 Å². The van der Waals surface area contributed by atoms with Crippen LogP contribution in [0.4, 0.5) is 0 Å². The Morgan fingerprint density at radius 1 is 1.73 bits per heavy atom. The van der Waals surface area contributed by atoms with Gasteiger partial charge in [0.25, 0.3) is 0 Å². The molecule has 0 unspecified atom stereocenters. The van der Waals surface area contributed by atoms with E-state index in [1.807, 2.05) is 0 Å². The van der Waals surface area contributed by atoms with Crippen LogP contribution in [-0.4, -0.2) is 23.3 Å². The summed E-state index contributed by atoms with van der Waals surface area (Å²) >= 11 is 1.14. The first-order valence-corrected chi connectivity index (χ1v) is 3.70. The molecule has 5 nitrogen and oxygen atoms in total. The van der Waals surface area contributed by atoms with Crippen LogP contribution in [0.2, 0.25) is 0 Å². The van der Waals surface area contributed by atoms with Gasteiger partial charge in [-0.05, 0) is 0 Å². The number of ether oxygens (including phenoxy) is 1. The van der Waals surface area contributed by atoms with Crippen molar-refractivity contribution in [1.29, 1.82) is 0 Å². The fraction of sp³-hybridized carbons (Fsp3) is 0.400. The van der Waals surface area contributed by atoms with Crippen molar-refractivity contribution in [3.8, 4) is 0 Å². The molecular weight excluding hydrogens is 166 g/mol. The summed E-state index contributed by atoms with van der Waals surface area (Å²) in [5.74, 6) is -0.470. The molecule has 11 heavy (non-hydrogen) atoms. The Morgan fingerprint density at radius 2 is 2.45 bits per heavy atom. The Bertz CT molecular complexity index is 260. The van der Waals surface area contributed by atoms with Crippen LogP contribution in [0.5, 0.6) is 0 Å². The number of esters is 1. The molecule has 1 aromatic heterocycles. The predicted octanol–water partition coefficient (Wildman–Crippen LogP) is -0.217. The lowest BCUT2D eigenvalue weighted by atomic mass is 10.7. The highest BCUT2D eigenvalue weighted by molar-refractivity contribution is 7.13. The van der Waals surface area contributed by atoms with Crippen LogP contribution in [0, 0.1) is 0 Å². The zero-order valence-corrected chi connectivity index (χ0v) is 6.72. The second kappa shape index (κ2) is 3.40. The first kappa shape index (κ1) is 8.09. The normalized spacial score (nSPS) is 9.64. The van der Waals surface area contributed by atoms with Crippen molar-refractivity contribution in [3.63, 3.8) is 0 Å². The van der Waals surface area contributed by atoms with Gasteiger partial charge >= 0.3 is 5.97 Å². The van der Waals surface area contributed by atoms with Crippen molar-refractivity contribution in [1.82, 2.24) is 10.2 Å². The van der Waals surface area contributed by atoms with E-state index >= 15 is 0 Å². The van der Waals surface area contributed by atoms with Crippen molar-refractivity contribution in [3.05, 3.63) is 10.0 Å². The molecule has 2 N–H and O–H groups in total. The Hall–Kier alpha value is -1.01. The molecule has 1 heterocycles. The average molecular weight is 173 g/mol. The molecular formula is C5H7N3O2S. The van der Waals surface area contributed by atoms with E-state index in [1.54, 1.807) is 0 Å². The second-order valence-corrected chi connectivity index (χ2v) is 2.76. The fourth-order valence-electron chi connectivity index (χ4n) is 0.506. The highest BCUT2D eigenvalue weighted by Crippen LogP contribution is 2.08. The zero-order chi connectivity index (χ0) is 8.27. The minimum Gasteiger partial charge on any atom is -0.464 e. The Kier molecular flexibility index (Phi) is 2.50. The summed E-state index contributed by atoms with van der Waals surface area (Å²) in [6, 6.07) is 0. The fourth-order valence-corrected chi connectivity index (χ4v) is 1.14. The van der Waals surface area contributed by atoms with E-state index in [-0.39, 0.29) is 5.01 Å². The van der Waals surface area contributed by atoms with E-state index in [1.165, 1.54) is 7.11 Å². The summed E-state index contributed by atoms with van der Waals surface area (Å²) in [5, 5.41) is 8.09. The standard InChI is InChI=1S/C5H7N3O2S/c1-10-5(9)4-8-7-3(2-6)11-4/h2,6H2,1H3. The van der Waals surface area contributed by atoms with Crippen LogP contribution >= 0.6 is 11.3 Å². The number of rotatable bonds is 2. The third-order valence-electron chi connectivity index (χ3n) is 1.00. The van der Waals surface area contributed by atoms with Gasteiger partial charge in [-0.15, -0.1) is 10.2 Å². The summed E-state index contributed by atoms with van der Waals surface area (Å²) in [4.78, 5) is 10.8. The van der Waals surface area contributed by atoms with E-state index in [9.17, 15) is 4.79 Å². The molecule has 0 saturated heterocycles. The molecule has 6 heteroatoms. The van der Waals surface area contributed by atoms with Crippen LogP contribution in [-0.2, 0) is 11.3 Å². The number of carbonyl (C=O) groups excluding carboxylic acids is 1. The molecule has 0 amide bonds. The minimum absolute atomic E-state index is 0.243. The third-order valence-corrected chi connectivity index (χ3v) is 1.93. The van der Waals surface area contributed by atoms with Gasteiger partial charge in [-0.1, -0.05) is 11.3 Å². The maximum atomic E-state index is 10.8. The predicted molar refractivity (Wildman–Crippen MR) is 39.1 cm³/mol. The summed E-state index contributed by atoms with van der Waals surface area (Å²) in [7, 11) is 1.30. The maximum Gasteiger partial charge on any atom is 0.369 e. The summed E-state index contributed by atoms with van der Waals surface area (Å²) in [5.41, 5.74) is 5.26. The molecule has 0 aromatic carbocycles. The van der Waals surface area contributed by atoms with Gasteiger partial charge in [0.15, 0.2) is 0 Å². The summed E-state index contributed by atoms with van der Waals surface area (Å²) in [6.45, 7) is 0.300. The molecule has 0 saturated carbocycles. The number of methoxy groups -OCH3 is 1. The van der Waals surface area contributed by atoms with Crippen molar-refractivity contribution in [2.24, 2.45) is 5.73 Å².